The fraction of sp³-hybridized carbons (Fsp3) is 0.267. The highest BCUT2D eigenvalue weighted by Gasteiger charge is 2.14. The van der Waals surface area contributed by atoms with Crippen LogP contribution in [0.4, 0.5) is 0 Å². The number of nitrogens with two attached hydrogens (primary N) is 1. The SMILES string of the molecule is CCn1nc(C=O)cc1-c1cccc(C(C)C(N)=O)c1. The van der Waals surface area contributed by atoms with E-state index in [0.717, 1.165) is 23.1 Å². The zero-order valence-electron chi connectivity index (χ0n) is 11.5. The van der Waals surface area contributed by atoms with Gasteiger partial charge in [0.1, 0.15) is 5.69 Å². The lowest BCUT2D eigenvalue weighted by molar-refractivity contribution is -0.119. The Morgan fingerprint density at radius 1 is 1.45 bits per heavy atom. The van der Waals surface area contributed by atoms with Gasteiger partial charge >= 0.3 is 0 Å². The molecule has 0 saturated heterocycles. The number of nitrogens with zero attached hydrogens (tertiary/aromatic N) is 2. The second-order valence-corrected chi connectivity index (χ2v) is 4.64. The molecule has 0 aliphatic heterocycles. The Labute approximate surface area is 117 Å². The quantitative estimate of drug-likeness (QED) is 0.844. The number of carbonyl (C=O) groups excluding carboxylic acids is 2. The summed E-state index contributed by atoms with van der Waals surface area (Å²) in [7, 11) is 0. The van der Waals surface area contributed by atoms with Gasteiger partial charge in [-0.15, -0.1) is 0 Å². The van der Waals surface area contributed by atoms with E-state index in [1.807, 2.05) is 31.2 Å². The van der Waals surface area contributed by atoms with Gasteiger partial charge in [0, 0.05) is 12.1 Å². The Morgan fingerprint density at radius 3 is 2.80 bits per heavy atom. The predicted octanol–water partition coefficient (Wildman–Crippen LogP) is 1.97. The number of hydrogen-bond acceptors (Lipinski definition) is 3. The molecule has 1 aromatic carbocycles. The van der Waals surface area contributed by atoms with Crippen LogP contribution in [-0.2, 0) is 11.3 Å². The van der Waals surface area contributed by atoms with E-state index in [9.17, 15) is 9.59 Å². The topological polar surface area (TPSA) is 78.0 Å². The molecule has 5 heteroatoms. The third kappa shape index (κ3) is 2.61. The van der Waals surface area contributed by atoms with Gasteiger partial charge in [-0.2, -0.15) is 5.10 Å². The number of aldehydes is 1. The number of rotatable bonds is 5. The molecule has 0 saturated carbocycles. The molecule has 1 heterocycles. The molecule has 20 heavy (non-hydrogen) atoms. The Balaban J connectivity index is 2.48. The smallest absolute Gasteiger partial charge is 0.224 e. The lowest BCUT2D eigenvalue weighted by Crippen LogP contribution is -2.18. The molecule has 2 aromatic rings. The summed E-state index contributed by atoms with van der Waals surface area (Å²) in [5.41, 5.74) is 8.36. The Hall–Kier alpha value is -2.43. The highest BCUT2D eigenvalue weighted by molar-refractivity contribution is 5.82. The lowest BCUT2D eigenvalue weighted by atomic mass is 9.97. The van der Waals surface area contributed by atoms with E-state index in [4.69, 9.17) is 5.73 Å². The van der Waals surface area contributed by atoms with Crippen LogP contribution in [-0.4, -0.2) is 22.0 Å². The molecule has 0 spiro atoms. The van der Waals surface area contributed by atoms with E-state index in [2.05, 4.69) is 5.10 Å². The molecule has 0 aliphatic rings. The molecule has 1 unspecified atom stereocenters. The van der Waals surface area contributed by atoms with Gasteiger partial charge in [0.25, 0.3) is 0 Å². The van der Waals surface area contributed by atoms with Crippen molar-refractivity contribution in [2.75, 3.05) is 0 Å². The van der Waals surface area contributed by atoms with E-state index in [0.29, 0.717) is 12.2 Å². The average Bonchev–Trinajstić information content (AvgIpc) is 2.89. The first-order chi connectivity index (χ1) is 9.56. The van der Waals surface area contributed by atoms with Gasteiger partial charge < -0.3 is 5.73 Å². The number of benzene rings is 1. The largest absolute Gasteiger partial charge is 0.369 e. The van der Waals surface area contributed by atoms with E-state index < -0.39 is 0 Å². The second-order valence-electron chi connectivity index (χ2n) is 4.64. The monoisotopic (exact) mass is 271 g/mol. The molecule has 1 aromatic heterocycles. The first-order valence-electron chi connectivity index (χ1n) is 6.49. The van der Waals surface area contributed by atoms with E-state index in [1.54, 1.807) is 17.7 Å². The number of primary amides is 1. The molecule has 2 rings (SSSR count). The first-order valence-corrected chi connectivity index (χ1v) is 6.49. The number of carbonyl (C=O) groups is 2. The molecule has 0 radical (unpaired) electrons. The summed E-state index contributed by atoms with van der Waals surface area (Å²) in [6.07, 6.45) is 0.728. The standard InChI is InChI=1S/C15H17N3O2/c1-3-18-14(8-13(9-19)17-18)12-6-4-5-11(7-12)10(2)15(16)20/h4-10H,3H2,1-2H3,(H2,16,20). The van der Waals surface area contributed by atoms with Crippen LogP contribution in [0.25, 0.3) is 11.3 Å². The van der Waals surface area contributed by atoms with Crippen LogP contribution in [0.2, 0.25) is 0 Å². The number of aryl methyl sites for hydroxylation is 1. The van der Waals surface area contributed by atoms with Crippen molar-refractivity contribution in [1.82, 2.24) is 9.78 Å². The fourth-order valence-corrected chi connectivity index (χ4v) is 2.10. The van der Waals surface area contributed by atoms with Crippen LogP contribution in [0, 0.1) is 0 Å². The van der Waals surface area contributed by atoms with E-state index in [-0.39, 0.29) is 11.8 Å². The van der Waals surface area contributed by atoms with Gasteiger partial charge in [-0.1, -0.05) is 18.2 Å². The molecular weight excluding hydrogens is 254 g/mol. The van der Waals surface area contributed by atoms with Crippen LogP contribution in [0.3, 0.4) is 0 Å². The van der Waals surface area contributed by atoms with Gasteiger partial charge in [0.05, 0.1) is 11.6 Å². The maximum atomic E-state index is 11.3. The van der Waals surface area contributed by atoms with E-state index >= 15 is 0 Å². The fourth-order valence-electron chi connectivity index (χ4n) is 2.10. The van der Waals surface area contributed by atoms with Crippen molar-refractivity contribution >= 4 is 12.2 Å². The minimum absolute atomic E-state index is 0.349. The van der Waals surface area contributed by atoms with E-state index in [1.165, 1.54) is 0 Å². The van der Waals surface area contributed by atoms with Crippen molar-refractivity contribution in [3.05, 3.63) is 41.6 Å². The molecule has 0 fully saturated rings. The van der Waals surface area contributed by atoms with Crippen LogP contribution >= 0.6 is 0 Å². The van der Waals surface area contributed by atoms with Crippen molar-refractivity contribution in [3.8, 4) is 11.3 Å². The molecule has 0 aliphatic carbocycles. The molecule has 1 atom stereocenters. The predicted molar refractivity (Wildman–Crippen MR) is 76.3 cm³/mol. The van der Waals surface area contributed by atoms with Crippen LogP contribution < -0.4 is 5.73 Å². The third-order valence-corrected chi connectivity index (χ3v) is 3.33. The van der Waals surface area contributed by atoms with Gasteiger partial charge in [-0.3, -0.25) is 14.3 Å². The summed E-state index contributed by atoms with van der Waals surface area (Å²) in [6.45, 7) is 4.40. The van der Waals surface area contributed by atoms with Crippen LogP contribution in [0.5, 0.6) is 0 Å². The van der Waals surface area contributed by atoms with Gasteiger partial charge in [0.2, 0.25) is 5.91 Å². The maximum Gasteiger partial charge on any atom is 0.224 e. The number of hydrogen-bond donors (Lipinski definition) is 1. The second kappa shape index (κ2) is 5.69. The zero-order chi connectivity index (χ0) is 14.7. The third-order valence-electron chi connectivity index (χ3n) is 3.33. The van der Waals surface area contributed by atoms with Crippen LogP contribution in [0.1, 0.15) is 35.8 Å². The summed E-state index contributed by atoms with van der Waals surface area (Å²) < 4.78 is 1.76. The van der Waals surface area contributed by atoms with Crippen molar-refractivity contribution in [2.24, 2.45) is 5.73 Å². The summed E-state index contributed by atoms with van der Waals surface area (Å²) >= 11 is 0. The average molecular weight is 271 g/mol. The summed E-state index contributed by atoms with van der Waals surface area (Å²) in [5, 5.41) is 4.19. The van der Waals surface area contributed by atoms with Crippen molar-refractivity contribution in [3.63, 3.8) is 0 Å². The van der Waals surface area contributed by atoms with Gasteiger partial charge in [-0.05, 0) is 31.5 Å². The minimum Gasteiger partial charge on any atom is -0.369 e. The van der Waals surface area contributed by atoms with Crippen molar-refractivity contribution < 1.29 is 9.59 Å². The molecule has 0 bridgehead atoms. The molecular formula is C15H17N3O2. The van der Waals surface area contributed by atoms with Crippen LogP contribution in [0.15, 0.2) is 30.3 Å². The molecule has 104 valence electrons. The highest BCUT2D eigenvalue weighted by Crippen LogP contribution is 2.24. The highest BCUT2D eigenvalue weighted by atomic mass is 16.1. The Morgan fingerprint density at radius 2 is 2.20 bits per heavy atom. The number of aromatic nitrogens is 2. The summed E-state index contributed by atoms with van der Waals surface area (Å²) in [6, 6.07) is 9.32. The Bertz CT molecular complexity index is 646. The molecule has 2 N–H and O–H groups in total. The lowest BCUT2D eigenvalue weighted by Gasteiger charge is -2.10. The molecule has 5 nitrogen and oxygen atoms in total. The summed E-state index contributed by atoms with van der Waals surface area (Å²) in [5.74, 6) is -0.710. The zero-order valence-corrected chi connectivity index (χ0v) is 11.5. The first kappa shape index (κ1) is 14.0. The minimum atomic E-state index is -0.361. The van der Waals surface area contributed by atoms with Gasteiger partial charge in [0.15, 0.2) is 6.29 Å². The van der Waals surface area contributed by atoms with Gasteiger partial charge in [-0.25, -0.2) is 0 Å². The van der Waals surface area contributed by atoms with Crippen molar-refractivity contribution in [2.45, 2.75) is 26.3 Å². The number of amides is 1. The van der Waals surface area contributed by atoms with Crippen molar-refractivity contribution in [1.29, 1.82) is 0 Å². The Kier molecular flexibility index (Phi) is 3.98. The normalized spacial score (nSPS) is 12.1. The summed E-state index contributed by atoms with van der Waals surface area (Å²) in [4.78, 5) is 22.1. The molecule has 1 amide bonds. The maximum absolute atomic E-state index is 11.3.